The summed E-state index contributed by atoms with van der Waals surface area (Å²) in [5.41, 5.74) is -0.542. The van der Waals surface area contributed by atoms with Gasteiger partial charge in [-0.05, 0) is 24.0 Å². The van der Waals surface area contributed by atoms with E-state index in [4.69, 9.17) is 35.9 Å². The molecule has 0 aromatic rings. The van der Waals surface area contributed by atoms with Gasteiger partial charge in [0, 0.05) is 20.8 Å². The summed E-state index contributed by atoms with van der Waals surface area (Å²) in [6.07, 6.45) is -3.39. The van der Waals surface area contributed by atoms with Crippen LogP contribution in [0.1, 0.15) is 20.8 Å². The summed E-state index contributed by atoms with van der Waals surface area (Å²) in [5.74, 6) is -1.66. The van der Waals surface area contributed by atoms with E-state index in [0.29, 0.717) is 0 Å². The first-order valence-corrected chi connectivity index (χ1v) is 8.07. The summed E-state index contributed by atoms with van der Waals surface area (Å²) in [6, 6.07) is 0. The molecule has 0 saturated carbocycles. The molecule has 8 nitrogen and oxygen atoms in total. The molecule has 2 rings (SSSR count). The highest BCUT2D eigenvalue weighted by atomic mass is 32.2. The topological polar surface area (TPSA) is 97.4 Å². The lowest BCUT2D eigenvalue weighted by atomic mass is 9.99. The lowest BCUT2D eigenvalue weighted by Crippen LogP contribution is -2.59. The molecule has 23 heavy (non-hydrogen) atoms. The molecular formula is C13H16O8S2. The third-order valence-electron chi connectivity index (χ3n) is 3.09. The predicted octanol–water partition coefficient (Wildman–Crippen LogP) is 0.555. The van der Waals surface area contributed by atoms with Crippen molar-refractivity contribution in [1.29, 1.82) is 0 Å². The van der Waals surface area contributed by atoms with Crippen LogP contribution in [-0.2, 0) is 38.1 Å². The Morgan fingerprint density at radius 3 is 2.26 bits per heavy atom. The van der Waals surface area contributed by atoms with Gasteiger partial charge in [-0.1, -0.05) is 0 Å². The minimum atomic E-state index is -0.974. The SMILES string of the molecule is CC(=O)OC[C@H]1O[C@H]2SC(=S)O[C@H]2[C@H](OC(C)=O)[C@@H]1OC(C)=O. The number of carbonyl (C=O) groups excluding carboxylic acids is 3. The van der Waals surface area contributed by atoms with E-state index in [0.717, 1.165) is 11.8 Å². The van der Waals surface area contributed by atoms with Gasteiger partial charge in [-0.25, -0.2) is 0 Å². The lowest BCUT2D eigenvalue weighted by molar-refractivity contribution is -0.226. The lowest BCUT2D eigenvalue weighted by Gasteiger charge is -2.40. The Morgan fingerprint density at radius 2 is 1.70 bits per heavy atom. The zero-order valence-electron chi connectivity index (χ0n) is 12.7. The first-order valence-electron chi connectivity index (χ1n) is 6.78. The van der Waals surface area contributed by atoms with E-state index < -0.39 is 47.8 Å². The summed E-state index contributed by atoms with van der Waals surface area (Å²) in [7, 11) is 0. The van der Waals surface area contributed by atoms with Crippen LogP contribution in [0.5, 0.6) is 0 Å². The van der Waals surface area contributed by atoms with Crippen molar-refractivity contribution in [2.75, 3.05) is 6.61 Å². The molecule has 0 aromatic carbocycles. The number of hydrogen-bond donors (Lipinski definition) is 0. The van der Waals surface area contributed by atoms with Crippen molar-refractivity contribution >= 4 is 46.3 Å². The number of thiocarbonyl (C=S) groups is 1. The molecule has 0 aliphatic carbocycles. The monoisotopic (exact) mass is 364 g/mol. The average molecular weight is 364 g/mol. The molecule has 0 N–H and O–H groups in total. The van der Waals surface area contributed by atoms with Crippen molar-refractivity contribution in [2.45, 2.75) is 50.6 Å². The first kappa shape index (κ1) is 18.0. The number of fused-ring (bicyclic) bond motifs is 1. The Hall–Kier alpha value is -1.39. The highest BCUT2D eigenvalue weighted by molar-refractivity contribution is 8.23. The molecule has 2 aliphatic rings. The predicted molar refractivity (Wildman–Crippen MR) is 81.5 cm³/mol. The van der Waals surface area contributed by atoms with Crippen LogP contribution in [0.15, 0.2) is 0 Å². The number of rotatable bonds is 4. The summed E-state index contributed by atoms with van der Waals surface area (Å²) in [5, 5.41) is 0. The second kappa shape index (κ2) is 7.45. The van der Waals surface area contributed by atoms with Crippen LogP contribution in [0.4, 0.5) is 0 Å². The maximum Gasteiger partial charge on any atom is 0.303 e. The normalized spacial score (nSPS) is 32.5. The molecule has 0 amide bonds. The molecule has 2 heterocycles. The average Bonchev–Trinajstić information content (AvgIpc) is 2.78. The molecule has 0 spiro atoms. The molecule has 0 unspecified atom stereocenters. The fourth-order valence-electron chi connectivity index (χ4n) is 2.33. The highest BCUT2D eigenvalue weighted by Crippen LogP contribution is 2.40. The van der Waals surface area contributed by atoms with Gasteiger partial charge in [0.15, 0.2) is 23.7 Å². The van der Waals surface area contributed by atoms with Crippen LogP contribution >= 0.6 is 24.0 Å². The van der Waals surface area contributed by atoms with E-state index in [1.165, 1.54) is 20.8 Å². The Kier molecular flexibility index (Phi) is 5.82. The summed E-state index contributed by atoms with van der Waals surface area (Å²) >= 11 is 6.15. The summed E-state index contributed by atoms with van der Waals surface area (Å²) in [6.45, 7) is 3.55. The Balaban J connectivity index is 2.25. The molecule has 0 radical (unpaired) electrons. The smallest absolute Gasteiger partial charge is 0.303 e. The van der Waals surface area contributed by atoms with Gasteiger partial charge < -0.3 is 23.7 Å². The molecule has 0 aromatic heterocycles. The minimum absolute atomic E-state index is 0.151. The van der Waals surface area contributed by atoms with Gasteiger partial charge >= 0.3 is 17.9 Å². The number of carbonyl (C=O) groups is 3. The second-order valence-electron chi connectivity index (χ2n) is 4.94. The van der Waals surface area contributed by atoms with Crippen LogP contribution in [0.25, 0.3) is 0 Å². The maximum absolute atomic E-state index is 11.4. The van der Waals surface area contributed by atoms with Crippen molar-refractivity contribution in [3.05, 3.63) is 0 Å². The van der Waals surface area contributed by atoms with Gasteiger partial charge in [-0.3, -0.25) is 14.4 Å². The number of thioether (sulfide) groups is 1. The quantitative estimate of drug-likeness (QED) is 0.400. The third kappa shape index (κ3) is 4.55. The third-order valence-corrected chi connectivity index (χ3v) is 4.38. The van der Waals surface area contributed by atoms with Crippen LogP contribution in [0, 0.1) is 0 Å². The van der Waals surface area contributed by atoms with E-state index in [2.05, 4.69) is 0 Å². The van der Waals surface area contributed by atoms with Crippen LogP contribution in [-0.4, -0.2) is 58.7 Å². The van der Waals surface area contributed by atoms with Crippen molar-refractivity contribution in [2.24, 2.45) is 0 Å². The zero-order valence-corrected chi connectivity index (χ0v) is 14.3. The minimum Gasteiger partial charge on any atom is -0.467 e. The standard InChI is InChI=1S/C13H16O8S2/c1-5(14)17-4-8-9(18-6(2)15)10(19-7(3)16)11-12(20-8)23-13(22)21-11/h8-12H,4H2,1-3H3/t8-,9-,10-,11+,12+/m1/s1. The van der Waals surface area contributed by atoms with Gasteiger partial charge in [-0.2, -0.15) is 0 Å². The van der Waals surface area contributed by atoms with E-state index in [1.54, 1.807) is 0 Å². The van der Waals surface area contributed by atoms with E-state index in [-0.39, 0.29) is 11.0 Å². The molecule has 5 atom stereocenters. The van der Waals surface area contributed by atoms with Crippen LogP contribution < -0.4 is 0 Å². The molecule has 10 heteroatoms. The molecule has 2 fully saturated rings. The van der Waals surface area contributed by atoms with Gasteiger partial charge in [0.05, 0.1) is 0 Å². The Bertz CT molecular complexity index is 522. The van der Waals surface area contributed by atoms with Gasteiger partial charge in [-0.15, -0.1) is 0 Å². The fourth-order valence-corrected chi connectivity index (χ4v) is 3.62. The largest absolute Gasteiger partial charge is 0.467 e. The van der Waals surface area contributed by atoms with Crippen molar-refractivity contribution in [3.63, 3.8) is 0 Å². The molecule has 2 saturated heterocycles. The second-order valence-corrected chi connectivity index (χ2v) is 6.64. The van der Waals surface area contributed by atoms with E-state index >= 15 is 0 Å². The fraction of sp³-hybridized carbons (Fsp3) is 0.692. The first-order chi connectivity index (χ1) is 10.8. The van der Waals surface area contributed by atoms with Crippen LogP contribution in [0.3, 0.4) is 0 Å². The maximum atomic E-state index is 11.4. The van der Waals surface area contributed by atoms with E-state index in [9.17, 15) is 14.4 Å². The van der Waals surface area contributed by atoms with Gasteiger partial charge in [0.25, 0.3) is 0 Å². The zero-order chi connectivity index (χ0) is 17.1. The van der Waals surface area contributed by atoms with Gasteiger partial charge in [0.2, 0.25) is 4.38 Å². The molecule has 2 aliphatic heterocycles. The molecular weight excluding hydrogens is 348 g/mol. The molecule has 0 bridgehead atoms. The van der Waals surface area contributed by atoms with Crippen molar-refractivity contribution < 1.29 is 38.1 Å². The number of esters is 3. The van der Waals surface area contributed by atoms with Crippen molar-refractivity contribution in [1.82, 2.24) is 0 Å². The van der Waals surface area contributed by atoms with Crippen LogP contribution in [0.2, 0.25) is 0 Å². The Morgan fingerprint density at radius 1 is 1.09 bits per heavy atom. The van der Waals surface area contributed by atoms with Gasteiger partial charge in [0.1, 0.15) is 12.7 Å². The summed E-state index contributed by atoms with van der Waals surface area (Å²) in [4.78, 5) is 33.8. The number of ether oxygens (including phenoxy) is 5. The Labute approximate surface area is 142 Å². The van der Waals surface area contributed by atoms with E-state index in [1.807, 2.05) is 0 Å². The highest BCUT2D eigenvalue weighted by Gasteiger charge is 2.55. The molecule has 128 valence electrons. The number of hydrogen-bond acceptors (Lipinski definition) is 10. The summed E-state index contributed by atoms with van der Waals surface area (Å²) < 4.78 is 26.9. The van der Waals surface area contributed by atoms with Crippen molar-refractivity contribution in [3.8, 4) is 0 Å².